The number of carbonyl (C=O) groups excluding carboxylic acids is 1. The van der Waals surface area contributed by atoms with Crippen molar-refractivity contribution in [2.24, 2.45) is 0 Å². The predicted octanol–water partition coefficient (Wildman–Crippen LogP) is 1.62. The summed E-state index contributed by atoms with van der Waals surface area (Å²) in [6.07, 6.45) is 4.86. The van der Waals surface area contributed by atoms with Crippen molar-refractivity contribution < 1.29 is 18.3 Å². The van der Waals surface area contributed by atoms with Gasteiger partial charge >= 0.3 is 0 Å². The van der Waals surface area contributed by atoms with Crippen LogP contribution in [0.2, 0.25) is 0 Å². The van der Waals surface area contributed by atoms with E-state index < -0.39 is 21.7 Å². The summed E-state index contributed by atoms with van der Waals surface area (Å²) >= 11 is 0. The summed E-state index contributed by atoms with van der Waals surface area (Å²) < 4.78 is 25.2. The molecule has 0 saturated heterocycles. The second-order valence-electron chi connectivity index (χ2n) is 5.93. The van der Waals surface area contributed by atoms with Crippen molar-refractivity contribution in [3.63, 3.8) is 0 Å². The predicted molar refractivity (Wildman–Crippen MR) is 95.1 cm³/mol. The molecule has 1 saturated carbocycles. The van der Waals surface area contributed by atoms with Gasteiger partial charge in [0.1, 0.15) is 0 Å². The zero-order valence-corrected chi connectivity index (χ0v) is 14.6. The first-order valence-electron chi connectivity index (χ1n) is 7.81. The molecule has 8 heteroatoms. The Labute approximate surface area is 142 Å². The van der Waals surface area contributed by atoms with Gasteiger partial charge in [-0.25, -0.2) is 8.42 Å². The summed E-state index contributed by atoms with van der Waals surface area (Å²) in [5.74, 6) is -1.01. The van der Waals surface area contributed by atoms with Crippen LogP contribution in [0.25, 0.3) is 6.08 Å². The van der Waals surface area contributed by atoms with E-state index in [1.165, 1.54) is 10.4 Å². The zero-order valence-electron chi connectivity index (χ0n) is 13.8. The molecule has 0 bridgehead atoms. The molecule has 1 aliphatic carbocycles. The number of hydrogen-bond donors (Lipinski definition) is 3. The molecule has 1 fully saturated rings. The van der Waals surface area contributed by atoms with E-state index in [1.807, 2.05) is 6.92 Å². The average Bonchev–Trinajstić information content (AvgIpc) is 3.30. The highest BCUT2D eigenvalue weighted by Gasteiger charge is 2.24. The summed E-state index contributed by atoms with van der Waals surface area (Å²) in [6, 6.07) is 4.83. The highest BCUT2D eigenvalue weighted by atomic mass is 32.2. The van der Waals surface area contributed by atoms with Gasteiger partial charge in [-0.15, -0.1) is 0 Å². The van der Waals surface area contributed by atoms with Crippen LogP contribution in [0.1, 0.15) is 31.7 Å². The van der Waals surface area contributed by atoms with Crippen LogP contribution < -0.4 is 15.4 Å². The Morgan fingerprint density at radius 1 is 1.46 bits per heavy atom. The molecule has 0 aromatic heterocycles. The van der Waals surface area contributed by atoms with E-state index in [9.17, 15) is 18.3 Å². The van der Waals surface area contributed by atoms with Gasteiger partial charge in [-0.2, -0.15) is 0 Å². The Morgan fingerprint density at radius 2 is 2.12 bits per heavy atom. The molecule has 1 aromatic rings. The molecule has 0 aliphatic heterocycles. The molecule has 1 aromatic carbocycles. The second kappa shape index (κ2) is 7.12. The van der Waals surface area contributed by atoms with Crippen molar-refractivity contribution in [3.8, 4) is 0 Å². The molecule has 1 amide bonds. The Balaban J connectivity index is 2.31. The minimum Gasteiger partial charge on any atom is -0.503 e. The minimum absolute atomic E-state index is 0.127. The number of nitrogen functional groups attached to an aromatic ring is 1. The van der Waals surface area contributed by atoms with Crippen LogP contribution in [-0.2, 0) is 14.8 Å². The van der Waals surface area contributed by atoms with Crippen molar-refractivity contribution in [2.75, 3.05) is 22.8 Å². The highest BCUT2D eigenvalue weighted by Crippen LogP contribution is 2.25. The Morgan fingerprint density at radius 3 is 2.67 bits per heavy atom. The Kier molecular flexibility index (Phi) is 5.38. The number of nitrogens with one attached hydrogen (secondary N) is 1. The quantitative estimate of drug-likeness (QED) is 0.392. The van der Waals surface area contributed by atoms with Crippen molar-refractivity contribution >= 4 is 33.4 Å². The lowest BCUT2D eigenvalue weighted by atomic mass is 10.1. The Bertz CT molecular complexity index is 755. The molecule has 0 unspecified atom stereocenters. The maximum atomic E-state index is 11.9. The summed E-state index contributed by atoms with van der Waals surface area (Å²) in [5.41, 5.74) is 7.05. The van der Waals surface area contributed by atoms with Crippen LogP contribution in [0.15, 0.2) is 24.0 Å². The van der Waals surface area contributed by atoms with Crippen molar-refractivity contribution in [2.45, 2.75) is 32.2 Å². The summed E-state index contributed by atoms with van der Waals surface area (Å²) in [5, 5.41) is 12.6. The first-order chi connectivity index (χ1) is 11.2. The average molecular weight is 353 g/mol. The maximum absolute atomic E-state index is 11.9. The van der Waals surface area contributed by atoms with Gasteiger partial charge in [-0.1, -0.05) is 6.92 Å². The molecule has 4 N–H and O–H groups in total. The van der Waals surface area contributed by atoms with Gasteiger partial charge in [0.25, 0.3) is 5.91 Å². The van der Waals surface area contributed by atoms with Crippen LogP contribution in [0.3, 0.4) is 0 Å². The minimum atomic E-state index is -3.43. The molecule has 0 atom stereocenters. The van der Waals surface area contributed by atoms with E-state index in [1.54, 1.807) is 18.2 Å². The fourth-order valence-corrected chi connectivity index (χ4v) is 3.24. The topological polar surface area (TPSA) is 113 Å². The number of nitrogens with zero attached hydrogens (tertiary/aromatic N) is 1. The number of sulfonamides is 1. The number of nitrogens with two attached hydrogens (primary N) is 1. The molecular weight excluding hydrogens is 330 g/mol. The second-order valence-corrected chi connectivity index (χ2v) is 7.83. The fourth-order valence-electron chi connectivity index (χ4n) is 2.23. The number of anilines is 2. The SMILES string of the molecule is CCCN(c1ccc(N)c(/C=C(\O)C(=O)NC2CC2)c1)S(C)(=O)=O. The third-order valence-electron chi connectivity index (χ3n) is 3.62. The summed E-state index contributed by atoms with van der Waals surface area (Å²) in [6.45, 7) is 2.21. The maximum Gasteiger partial charge on any atom is 0.286 e. The van der Waals surface area contributed by atoms with Gasteiger partial charge < -0.3 is 16.2 Å². The molecule has 0 radical (unpaired) electrons. The van der Waals surface area contributed by atoms with E-state index in [4.69, 9.17) is 5.73 Å². The van der Waals surface area contributed by atoms with Crippen LogP contribution in [-0.4, -0.2) is 38.3 Å². The summed E-state index contributed by atoms with van der Waals surface area (Å²) in [7, 11) is -3.43. The van der Waals surface area contributed by atoms with E-state index in [2.05, 4.69) is 5.32 Å². The van der Waals surface area contributed by atoms with Gasteiger partial charge in [0.2, 0.25) is 10.0 Å². The first kappa shape index (κ1) is 18.1. The largest absolute Gasteiger partial charge is 0.503 e. The molecule has 132 valence electrons. The van der Waals surface area contributed by atoms with E-state index in [0.29, 0.717) is 29.9 Å². The number of hydrogen-bond acceptors (Lipinski definition) is 5. The number of amides is 1. The zero-order chi connectivity index (χ0) is 17.9. The monoisotopic (exact) mass is 353 g/mol. The number of aliphatic hydroxyl groups excluding tert-OH is 1. The van der Waals surface area contributed by atoms with Crippen molar-refractivity contribution in [3.05, 3.63) is 29.5 Å². The van der Waals surface area contributed by atoms with Crippen LogP contribution in [0.5, 0.6) is 0 Å². The molecule has 0 spiro atoms. The first-order valence-corrected chi connectivity index (χ1v) is 9.66. The van der Waals surface area contributed by atoms with Crippen molar-refractivity contribution in [1.29, 1.82) is 0 Å². The lowest BCUT2D eigenvalue weighted by molar-refractivity contribution is -0.119. The number of benzene rings is 1. The number of aliphatic hydroxyl groups is 1. The van der Waals surface area contributed by atoms with Crippen LogP contribution >= 0.6 is 0 Å². The highest BCUT2D eigenvalue weighted by molar-refractivity contribution is 7.92. The molecule has 0 heterocycles. The van der Waals surface area contributed by atoms with Gasteiger partial charge in [0.05, 0.1) is 11.9 Å². The lowest BCUT2D eigenvalue weighted by Gasteiger charge is -2.22. The normalized spacial score (nSPS) is 15.2. The third-order valence-corrected chi connectivity index (χ3v) is 4.82. The van der Waals surface area contributed by atoms with Crippen LogP contribution in [0.4, 0.5) is 11.4 Å². The molecular formula is C16H23N3O4S. The van der Waals surface area contributed by atoms with E-state index >= 15 is 0 Å². The van der Waals surface area contributed by atoms with Gasteiger partial charge in [0, 0.05) is 23.8 Å². The van der Waals surface area contributed by atoms with Gasteiger partial charge in [-0.3, -0.25) is 9.10 Å². The summed E-state index contributed by atoms with van der Waals surface area (Å²) in [4.78, 5) is 11.8. The Hall–Kier alpha value is -2.22. The molecule has 2 rings (SSSR count). The van der Waals surface area contributed by atoms with Gasteiger partial charge in [0.15, 0.2) is 5.76 Å². The number of carbonyl (C=O) groups is 1. The third kappa shape index (κ3) is 4.64. The molecule has 7 nitrogen and oxygen atoms in total. The smallest absolute Gasteiger partial charge is 0.286 e. The van der Waals surface area contributed by atoms with Gasteiger partial charge in [-0.05, 0) is 43.5 Å². The molecule has 1 aliphatic rings. The fraction of sp³-hybridized carbons (Fsp3) is 0.438. The van der Waals surface area contributed by atoms with E-state index in [0.717, 1.165) is 19.1 Å². The standard InChI is InChI=1S/C16H23N3O4S/c1-3-8-19(24(2,22)23)13-6-7-14(17)11(9-13)10-15(20)16(21)18-12-4-5-12/h6-7,9-10,12,20H,3-5,8,17H2,1-2H3,(H,18,21)/b15-10-. The molecule has 24 heavy (non-hydrogen) atoms. The lowest BCUT2D eigenvalue weighted by Crippen LogP contribution is -2.30. The van der Waals surface area contributed by atoms with Crippen LogP contribution in [0, 0.1) is 0 Å². The van der Waals surface area contributed by atoms with E-state index in [-0.39, 0.29) is 6.04 Å². The number of rotatable bonds is 7. The van der Waals surface area contributed by atoms with Crippen molar-refractivity contribution in [1.82, 2.24) is 5.32 Å².